The fourth-order valence-electron chi connectivity index (χ4n) is 4.38. The maximum atomic E-state index is 12.8. The molecule has 0 unspecified atom stereocenters. The Labute approximate surface area is 173 Å². The molecule has 2 atom stereocenters. The van der Waals surface area contributed by atoms with E-state index in [1.807, 2.05) is 31.3 Å². The number of carbonyl (C=O) groups is 1. The Bertz CT molecular complexity index is 854. The summed E-state index contributed by atoms with van der Waals surface area (Å²) in [7, 11) is 1.83. The average Bonchev–Trinajstić information content (AvgIpc) is 3.51. The van der Waals surface area contributed by atoms with Crippen LogP contribution in [0.15, 0.2) is 30.3 Å². The molecule has 0 radical (unpaired) electrons. The quantitative estimate of drug-likeness (QED) is 0.765. The van der Waals surface area contributed by atoms with E-state index in [0.29, 0.717) is 17.7 Å². The largest absolute Gasteiger partial charge is 0.373 e. The summed E-state index contributed by atoms with van der Waals surface area (Å²) < 4.78 is 7.77. The Morgan fingerprint density at radius 2 is 2.03 bits per heavy atom. The lowest BCUT2D eigenvalue weighted by Gasteiger charge is -2.36. The summed E-state index contributed by atoms with van der Waals surface area (Å²) in [6.07, 6.45) is 4.50. The van der Waals surface area contributed by atoms with Gasteiger partial charge in [0.25, 0.3) is 5.91 Å². The van der Waals surface area contributed by atoms with Crippen LogP contribution in [0.1, 0.15) is 73.3 Å². The van der Waals surface area contributed by atoms with Crippen molar-refractivity contribution in [3.8, 4) is 0 Å². The minimum Gasteiger partial charge on any atom is -0.373 e. The zero-order chi connectivity index (χ0) is 20.4. The van der Waals surface area contributed by atoms with Crippen LogP contribution in [0.3, 0.4) is 0 Å². The third kappa shape index (κ3) is 4.54. The Morgan fingerprint density at radius 1 is 1.24 bits per heavy atom. The molecule has 1 aromatic carbocycles. The van der Waals surface area contributed by atoms with Crippen molar-refractivity contribution in [2.75, 3.05) is 25.0 Å². The number of aryl methyl sites for hydroxylation is 1. The van der Waals surface area contributed by atoms with E-state index in [1.165, 1.54) is 12.8 Å². The first kappa shape index (κ1) is 20.1. The summed E-state index contributed by atoms with van der Waals surface area (Å²) in [6.45, 7) is 7.35. The lowest BCUT2D eigenvalue weighted by molar-refractivity contribution is -0.0265. The third-order valence-electron chi connectivity index (χ3n) is 6.23. The number of carbonyl (C=O) groups excluding carboxylic acids is 1. The maximum Gasteiger partial charge on any atom is 0.273 e. The van der Waals surface area contributed by atoms with Crippen LogP contribution in [-0.2, 0) is 11.8 Å². The third-order valence-corrected chi connectivity index (χ3v) is 6.23. The fraction of sp³-hybridized carbons (Fsp3) is 0.565. The number of rotatable bonds is 7. The Balaban J connectivity index is 1.45. The van der Waals surface area contributed by atoms with Gasteiger partial charge in [-0.2, -0.15) is 5.10 Å². The van der Waals surface area contributed by atoms with Gasteiger partial charge in [0.1, 0.15) is 5.69 Å². The predicted molar refractivity (Wildman–Crippen MR) is 114 cm³/mol. The molecule has 0 bridgehead atoms. The van der Waals surface area contributed by atoms with Gasteiger partial charge in [0.2, 0.25) is 0 Å². The van der Waals surface area contributed by atoms with Crippen molar-refractivity contribution < 1.29 is 9.53 Å². The molecule has 1 saturated heterocycles. The van der Waals surface area contributed by atoms with Crippen molar-refractivity contribution in [3.05, 3.63) is 47.3 Å². The molecule has 2 aromatic rings. The predicted octanol–water partition coefficient (Wildman–Crippen LogP) is 4.11. The van der Waals surface area contributed by atoms with Gasteiger partial charge < -0.3 is 15.0 Å². The van der Waals surface area contributed by atoms with Gasteiger partial charge in [-0.15, -0.1) is 0 Å². The van der Waals surface area contributed by atoms with E-state index in [-0.39, 0.29) is 12.0 Å². The number of anilines is 1. The molecule has 4 rings (SSSR count). The highest BCUT2D eigenvalue weighted by Gasteiger charge is 2.29. The van der Waals surface area contributed by atoms with Gasteiger partial charge in [0.05, 0.1) is 11.8 Å². The van der Waals surface area contributed by atoms with Crippen LogP contribution in [0.25, 0.3) is 0 Å². The summed E-state index contributed by atoms with van der Waals surface area (Å²) in [5, 5.41) is 7.54. The van der Waals surface area contributed by atoms with Crippen LogP contribution in [0.5, 0.6) is 0 Å². The second-order valence-electron chi connectivity index (χ2n) is 8.19. The molecule has 29 heavy (non-hydrogen) atoms. The second kappa shape index (κ2) is 8.67. The number of hydrogen-bond acceptors (Lipinski definition) is 4. The second-order valence-corrected chi connectivity index (χ2v) is 8.19. The van der Waals surface area contributed by atoms with Crippen LogP contribution < -0.4 is 5.32 Å². The van der Waals surface area contributed by atoms with Crippen LogP contribution in [0.2, 0.25) is 0 Å². The van der Waals surface area contributed by atoms with E-state index in [1.54, 1.807) is 4.68 Å². The molecule has 2 heterocycles. The molecule has 1 aromatic heterocycles. The molecule has 2 fully saturated rings. The highest BCUT2D eigenvalue weighted by molar-refractivity contribution is 6.03. The number of hydrogen-bond donors (Lipinski definition) is 1. The number of amides is 1. The molecular weight excluding hydrogens is 364 g/mol. The summed E-state index contributed by atoms with van der Waals surface area (Å²) in [5.41, 5.74) is 3.57. The van der Waals surface area contributed by atoms with Gasteiger partial charge in [0.15, 0.2) is 0 Å². The number of nitrogens with zero attached hydrogens (tertiary/aromatic N) is 3. The first-order chi connectivity index (χ1) is 14.1. The molecule has 2 aliphatic rings. The van der Waals surface area contributed by atoms with Crippen molar-refractivity contribution in [1.82, 2.24) is 14.7 Å². The first-order valence-corrected chi connectivity index (χ1v) is 10.9. The van der Waals surface area contributed by atoms with E-state index >= 15 is 0 Å². The van der Waals surface area contributed by atoms with E-state index in [2.05, 4.69) is 35.2 Å². The number of benzene rings is 1. The van der Waals surface area contributed by atoms with E-state index < -0.39 is 0 Å². The molecule has 6 nitrogen and oxygen atoms in total. The molecule has 1 amide bonds. The number of aromatic nitrogens is 2. The molecule has 1 aliphatic carbocycles. The van der Waals surface area contributed by atoms with Crippen LogP contribution in [0, 0.1) is 0 Å². The zero-order valence-corrected chi connectivity index (χ0v) is 17.7. The highest BCUT2D eigenvalue weighted by Crippen LogP contribution is 2.39. The molecule has 1 aliphatic heterocycles. The lowest BCUT2D eigenvalue weighted by Crippen LogP contribution is -2.40. The first-order valence-electron chi connectivity index (χ1n) is 10.9. The van der Waals surface area contributed by atoms with Gasteiger partial charge in [-0.25, -0.2) is 0 Å². The van der Waals surface area contributed by atoms with Gasteiger partial charge in [0, 0.05) is 31.3 Å². The topological polar surface area (TPSA) is 59.4 Å². The number of ether oxygens (including phenoxy) is 1. The van der Waals surface area contributed by atoms with Crippen LogP contribution in [0.4, 0.5) is 5.69 Å². The Hall–Kier alpha value is -2.18. The fourth-order valence-corrected chi connectivity index (χ4v) is 4.38. The molecule has 1 saturated carbocycles. The minimum atomic E-state index is -0.116. The zero-order valence-electron chi connectivity index (χ0n) is 17.7. The Morgan fingerprint density at radius 3 is 2.76 bits per heavy atom. The van der Waals surface area contributed by atoms with Crippen molar-refractivity contribution in [2.24, 2.45) is 7.05 Å². The van der Waals surface area contributed by atoms with Crippen molar-refractivity contribution >= 4 is 11.6 Å². The van der Waals surface area contributed by atoms with Gasteiger partial charge in [-0.1, -0.05) is 26.0 Å². The standard InChI is InChI=1S/C23H32N4O2/c1-4-27(5-2)19-11-12-29-22(14-19)17-7-6-8-18(13-17)24-23(28)21-15-20(16-9-10-16)25-26(21)3/h6-8,13,15-16,19,22H,4-5,9-12,14H2,1-3H3,(H,24,28)/t19-,22+/m1/s1. The molecule has 156 valence electrons. The summed E-state index contributed by atoms with van der Waals surface area (Å²) >= 11 is 0. The van der Waals surface area contributed by atoms with Crippen LogP contribution in [-0.4, -0.2) is 46.3 Å². The SMILES string of the molecule is CCN(CC)[C@@H]1CCO[C@H](c2cccc(NC(=O)c3cc(C4CC4)nn3C)c2)C1. The highest BCUT2D eigenvalue weighted by atomic mass is 16.5. The summed E-state index contributed by atoms with van der Waals surface area (Å²) in [5.74, 6) is 0.419. The van der Waals surface area contributed by atoms with Gasteiger partial charge in [-0.05, 0) is 62.5 Å². The normalized spacial score (nSPS) is 22.1. The van der Waals surface area contributed by atoms with Crippen molar-refractivity contribution in [1.29, 1.82) is 0 Å². The summed E-state index contributed by atoms with van der Waals surface area (Å²) in [6, 6.07) is 10.6. The minimum absolute atomic E-state index is 0.0735. The molecule has 6 heteroatoms. The van der Waals surface area contributed by atoms with E-state index in [9.17, 15) is 4.79 Å². The van der Waals surface area contributed by atoms with Crippen molar-refractivity contribution in [2.45, 2.75) is 57.6 Å². The van der Waals surface area contributed by atoms with Gasteiger partial charge in [-0.3, -0.25) is 9.48 Å². The molecular formula is C23H32N4O2. The Kier molecular flexibility index (Phi) is 6.01. The van der Waals surface area contributed by atoms with Crippen LogP contribution >= 0.6 is 0 Å². The summed E-state index contributed by atoms with van der Waals surface area (Å²) in [4.78, 5) is 15.3. The van der Waals surface area contributed by atoms with Crippen molar-refractivity contribution in [3.63, 3.8) is 0 Å². The monoisotopic (exact) mass is 396 g/mol. The maximum absolute atomic E-state index is 12.8. The smallest absolute Gasteiger partial charge is 0.273 e. The number of nitrogens with one attached hydrogen (secondary N) is 1. The van der Waals surface area contributed by atoms with Gasteiger partial charge >= 0.3 is 0 Å². The lowest BCUT2D eigenvalue weighted by atomic mass is 9.96. The molecule has 1 N–H and O–H groups in total. The molecule has 0 spiro atoms. The van der Waals surface area contributed by atoms with E-state index in [4.69, 9.17) is 4.74 Å². The average molecular weight is 397 g/mol. The van der Waals surface area contributed by atoms with E-state index in [0.717, 1.165) is 49.5 Å².